The van der Waals surface area contributed by atoms with Gasteiger partial charge >= 0.3 is 0 Å². The summed E-state index contributed by atoms with van der Waals surface area (Å²) in [6, 6.07) is 16.4. The Labute approximate surface area is 201 Å². The maximum absolute atomic E-state index is 13.4. The second kappa shape index (κ2) is 13.0. The van der Waals surface area contributed by atoms with E-state index in [1.54, 1.807) is 0 Å². The van der Waals surface area contributed by atoms with Gasteiger partial charge in [0.15, 0.2) is 5.96 Å². The minimum atomic E-state index is -0.511. The van der Waals surface area contributed by atoms with Gasteiger partial charge in [0.25, 0.3) is 0 Å². The second-order valence-corrected chi connectivity index (χ2v) is 7.74. The summed E-state index contributed by atoms with van der Waals surface area (Å²) in [5.74, 6) is 0.502. The lowest BCUT2D eigenvalue weighted by molar-refractivity contribution is 0.0531. The monoisotopic (exact) mass is 541 g/mol. The molecule has 1 saturated heterocycles. The smallest absolute Gasteiger partial charge is 0.191 e. The Kier molecular flexibility index (Phi) is 10.7. The predicted octanol–water partition coefficient (Wildman–Crippen LogP) is 4.17. The Morgan fingerprint density at radius 1 is 1.10 bits per heavy atom. The topological polar surface area (TPSA) is 65.9 Å². The number of aliphatic imine (C=N–C) groups is 1. The fourth-order valence-electron chi connectivity index (χ4n) is 3.84. The number of benzene rings is 2. The van der Waals surface area contributed by atoms with Gasteiger partial charge in [-0.25, -0.2) is 4.39 Å². The molecule has 2 aromatic carbocycles. The molecular formula is C24H33FIN3O2. The standard InChI is InChI=1S/C24H32FN3O2.HI/c1-2-26-23(27-15-12-22(29)19-6-4-3-5-7-19)28-18-24(13-16-30-17-14-24)20-8-10-21(25)11-9-20;/h3-11,22,29H,2,12-18H2,1H3,(H2,26,27,28);1H. The molecule has 3 N–H and O–H groups in total. The van der Waals surface area contributed by atoms with Gasteiger partial charge in [-0.05, 0) is 49.4 Å². The molecule has 1 fully saturated rings. The lowest BCUT2D eigenvalue weighted by atomic mass is 9.74. The Morgan fingerprint density at radius 2 is 1.77 bits per heavy atom. The van der Waals surface area contributed by atoms with Crippen LogP contribution in [0, 0.1) is 5.82 Å². The highest BCUT2D eigenvalue weighted by atomic mass is 127. The number of rotatable bonds is 8. The van der Waals surface area contributed by atoms with Crippen molar-refractivity contribution in [3.8, 4) is 0 Å². The highest BCUT2D eigenvalue weighted by Crippen LogP contribution is 2.35. The summed E-state index contributed by atoms with van der Waals surface area (Å²) in [6.07, 6.45) is 1.79. The van der Waals surface area contributed by atoms with Crippen molar-refractivity contribution in [2.75, 3.05) is 32.8 Å². The number of hydrogen-bond donors (Lipinski definition) is 3. The van der Waals surface area contributed by atoms with E-state index >= 15 is 0 Å². The van der Waals surface area contributed by atoms with Crippen molar-refractivity contribution >= 4 is 29.9 Å². The van der Waals surface area contributed by atoms with Crippen molar-refractivity contribution in [3.05, 3.63) is 71.5 Å². The first kappa shape index (κ1) is 25.5. The molecule has 0 aromatic heterocycles. The number of nitrogens with one attached hydrogen (secondary N) is 2. The zero-order valence-electron chi connectivity index (χ0n) is 18.0. The van der Waals surface area contributed by atoms with E-state index < -0.39 is 6.10 Å². The lowest BCUT2D eigenvalue weighted by Crippen LogP contribution is -2.41. The molecule has 1 heterocycles. The highest BCUT2D eigenvalue weighted by molar-refractivity contribution is 14.0. The molecule has 1 aliphatic rings. The molecule has 0 radical (unpaired) electrons. The Balaban J connectivity index is 0.00000341. The minimum Gasteiger partial charge on any atom is -0.388 e. The van der Waals surface area contributed by atoms with Crippen molar-refractivity contribution in [2.24, 2.45) is 4.99 Å². The van der Waals surface area contributed by atoms with Crippen molar-refractivity contribution in [2.45, 2.75) is 37.7 Å². The lowest BCUT2D eigenvalue weighted by Gasteiger charge is -2.36. The van der Waals surface area contributed by atoms with Crippen molar-refractivity contribution in [1.29, 1.82) is 0 Å². The van der Waals surface area contributed by atoms with Gasteiger partial charge in [0.1, 0.15) is 5.82 Å². The average molecular weight is 541 g/mol. The van der Waals surface area contributed by atoms with Crippen LogP contribution in [-0.4, -0.2) is 43.9 Å². The van der Waals surface area contributed by atoms with Crippen LogP contribution in [0.4, 0.5) is 4.39 Å². The third-order valence-electron chi connectivity index (χ3n) is 5.69. The Morgan fingerprint density at radius 3 is 2.42 bits per heavy atom. The maximum atomic E-state index is 13.4. The quantitative estimate of drug-likeness (QED) is 0.267. The first-order valence-corrected chi connectivity index (χ1v) is 10.7. The first-order valence-electron chi connectivity index (χ1n) is 10.7. The van der Waals surface area contributed by atoms with E-state index in [9.17, 15) is 9.50 Å². The van der Waals surface area contributed by atoms with E-state index in [0.717, 1.165) is 36.5 Å². The summed E-state index contributed by atoms with van der Waals surface area (Å²) in [5.41, 5.74) is 1.86. The molecule has 5 nitrogen and oxygen atoms in total. The van der Waals surface area contributed by atoms with E-state index in [1.165, 1.54) is 12.1 Å². The molecule has 3 rings (SSSR count). The number of nitrogens with zero attached hydrogens (tertiary/aromatic N) is 1. The maximum Gasteiger partial charge on any atom is 0.191 e. The molecule has 31 heavy (non-hydrogen) atoms. The Bertz CT molecular complexity index is 796. The second-order valence-electron chi connectivity index (χ2n) is 7.74. The molecule has 0 aliphatic carbocycles. The summed E-state index contributed by atoms with van der Waals surface area (Å²) in [5, 5.41) is 17.0. The van der Waals surface area contributed by atoms with Gasteiger partial charge in [-0.15, -0.1) is 24.0 Å². The summed E-state index contributed by atoms with van der Waals surface area (Å²) in [4.78, 5) is 4.84. The number of guanidine groups is 1. The van der Waals surface area contributed by atoms with Crippen LogP contribution in [0.2, 0.25) is 0 Å². The average Bonchev–Trinajstić information content (AvgIpc) is 2.79. The predicted molar refractivity (Wildman–Crippen MR) is 134 cm³/mol. The summed E-state index contributed by atoms with van der Waals surface area (Å²) >= 11 is 0. The van der Waals surface area contributed by atoms with Crippen LogP contribution in [0.25, 0.3) is 0 Å². The molecule has 1 atom stereocenters. The molecule has 0 amide bonds. The van der Waals surface area contributed by atoms with E-state index in [0.29, 0.717) is 32.7 Å². The highest BCUT2D eigenvalue weighted by Gasteiger charge is 2.34. The molecule has 0 saturated carbocycles. The molecular weight excluding hydrogens is 508 g/mol. The number of hydrogen-bond acceptors (Lipinski definition) is 3. The zero-order valence-corrected chi connectivity index (χ0v) is 20.3. The molecule has 1 aliphatic heterocycles. The van der Waals surface area contributed by atoms with E-state index in [1.807, 2.05) is 49.4 Å². The van der Waals surface area contributed by atoms with Crippen LogP contribution >= 0.6 is 24.0 Å². The summed E-state index contributed by atoms with van der Waals surface area (Å²) in [6.45, 7) is 5.34. The van der Waals surface area contributed by atoms with Gasteiger partial charge in [-0.3, -0.25) is 4.99 Å². The zero-order chi connectivity index (χ0) is 21.2. The van der Waals surface area contributed by atoms with Crippen LogP contribution in [0.5, 0.6) is 0 Å². The van der Waals surface area contributed by atoms with Gasteiger partial charge < -0.3 is 20.5 Å². The van der Waals surface area contributed by atoms with Crippen molar-refractivity contribution < 1.29 is 14.2 Å². The summed E-state index contributed by atoms with van der Waals surface area (Å²) < 4.78 is 19.0. The number of halogens is 2. The normalized spacial score (nSPS) is 16.8. The molecule has 0 spiro atoms. The van der Waals surface area contributed by atoms with Crippen LogP contribution in [0.1, 0.15) is 43.4 Å². The largest absolute Gasteiger partial charge is 0.388 e. The first-order chi connectivity index (χ1) is 14.6. The molecule has 7 heteroatoms. The third kappa shape index (κ3) is 7.43. The fourth-order valence-corrected chi connectivity index (χ4v) is 3.84. The van der Waals surface area contributed by atoms with Gasteiger partial charge in [0.2, 0.25) is 0 Å². The van der Waals surface area contributed by atoms with Gasteiger partial charge in [0.05, 0.1) is 12.6 Å². The Hall–Kier alpha value is -1.71. The summed E-state index contributed by atoms with van der Waals surface area (Å²) in [7, 11) is 0. The number of aliphatic hydroxyl groups excluding tert-OH is 1. The van der Waals surface area contributed by atoms with Crippen LogP contribution < -0.4 is 10.6 Å². The van der Waals surface area contributed by atoms with E-state index in [4.69, 9.17) is 9.73 Å². The molecule has 0 bridgehead atoms. The van der Waals surface area contributed by atoms with Gasteiger partial charge in [-0.2, -0.15) is 0 Å². The van der Waals surface area contributed by atoms with Gasteiger partial charge in [0, 0.05) is 31.7 Å². The number of aliphatic hydroxyl groups is 1. The van der Waals surface area contributed by atoms with E-state index in [-0.39, 0.29) is 35.2 Å². The number of ether oxygens (including phenoxy) is 1. The van der Waals surface area contributed by atoms with Crippen molar-refractivity contribution in [3.63, 3.8) is 0 Å². The molecule has 170 valence electrons. The third-order valence-corrected chi connectivity index (χ3v) is 5.69. The van der Waals surface area contributed by atoms with Crippen LogP contribution in [0.3, 0.4) is 0 Å². The van der Waals surface area contributed by atoms with Crippen molar-refractivity contribution in [1.82, 2.24) is 10.6 Å². The van der Waals surface area contributed by atoms with Crippen LogP contribution in [-0.2, 0) is 10.2 Å². The van der Waals surface area contributed by atoms with E-state index in [2.05, 4.69) is 10.6 Å². The fraction of sp³-hybridized carbons (Fsp3) is 0.458. The molecule has 2 aromatic rings. The SMILES string of the molecule is CCNC(=NCC1(c2ccc(F)cc2)CCOCC1)NCCC(O)c1ccccc1.I. The van der Waals surface area contributed by atoms with Gasteiger partial charge in [-0.1, -0.05) is 42.5 Å². The molecule has 1 unspecified atom stereocenters. The minimum absolute atomic E-state index is 0. The van der Waals surface area contributed by atoms with Crippen LogP contribution in [0.15, 0.2) is 59.6 Å².